The third-order valence-corrected chi connectivity index (χ3v) is 7.68. The van der Waals surface area contributed by atoms with Crippen LogP contribution in [0.4, 0.5) is 0 Å². The molecule has 0 aliphatic rings. The van der Waals surface area contributed by atoms with Crippen molar-refractivity contribution in [2.75, 3.05) is 0 Å². The Kier molecular flexibility index (Phi) is 32.4. The van der Waals surface area contributed by atoms with E-state index >= 15 is 0 Å². The maximum atomic E-state index is 12.1. The van der Waals surface area contributed by atoms with Gasteiger partial charge in [-0.05, 0) is 64.2 Å². The zero-order valence-corrected chi connectivity index (χ0v) is 25.7. The summed E-state index contributed by atoms with van der Waals surface area (Å²) in [5, 5.41) is 0. The topological polar surface area (TPSA) is 17.1 Å². The first-order valence-corrected chi connectivity index (χ1v) is 17.1. The molecule has 0 bridgehead atoms. The lowest BCUT2D eigenvalue weighted by atomic mass is 10.0. The van der Waals surface area contributed by atoms with E-state index in [4.69, 9.17) is 0 Å². The van der Waals surface area contributed by atoms with Crippen LogP contribution >= 0.6 is 0 Å². The van der Waals surface area contributed by atoms with Gasteiger partial charge in [0.25, 0.3) is 0 Å². The number of Topliss-reactive ketones (excluding diaryl/α,β-unsaturated/α-hetero) is 1. The van der Waals surface area contributed by atoms with Crippen LogP contribution in [0.3, 0.4) is 0 Å². The zero-order valence-electron chi connectivity index (χ0n) is 25.7. The minimum absolute atomic E-state index is 0.508. The molecule has 0 aliphatic heterocycles. The number of carbonyl (C=O) groups is 1. The molecule has 0 aromatic rings. The molecule has 218 valence electrons. The second kappa shape index (κ2) is 33.2. The van der Waals surface area contributed by atoms with Crippen molar-refractivity contribution in [2.45, 2.75) is 200 Å². The smallest absolute Gasteiger partial charge is 0.132 e. The van der Waals surface area contributed by atoms with Gasteiger partial charge >= 0.3 is 0 Å². The van der Waals surface area contributed by atoms with Crippen LogP contribution in [-0.2, 0) is 4.79 Å². The van der Waals surface area contributed by atoms with Crippen molar-refractivity contribution >= 4 is 5.78 Å². The zero-order chi connectivity index (χ0) is 26.9. The quantitative estimate of drug-likeness (QED) is 0.0661. The maximum absolute atomic E-state index is 12.1. The fourth-order valence-corrected chi connectivity index (χ4v) is 5.09. The molecule has 0 unspecified atom stereocenters. The molecule has 0 aliphatic carbocycles. The van der Waals surface area contributed by atoms with Crippen LogP contribution in [0, 0.1) is 0 Å². The lowest BCUT2D eigenvalue weighted by Crippen LogP contribution is -1.97. The molecule has 37 heavy (non-hydrogen) atoms. The summed E-state index contributed by atoms with van der Waals surface area (Å²) in [6.45, 7) is 4.56. The average Bonchev–Trinajstić information content (AvgIpc) is 2.90. The average molecular weight is 517 g/mol. The lowest BCUT2D eigenvalue weighted by molar-refractivity contribution is -0.119. The number of allylic oxidation sites excluding steroid dienone is 4. The Balaban J connectivity index is 3.23. The SMILES string of the molecule is CCCCCCCCC=CCCCCCCCCC(=O)CCCCCCCC=CCCCCCCCC. The van der Waals surface area contributed by atoms with E-state index in [1.165, 1.54) is 161 Å². The molecule has 0 fully saturated rings. The molecule has 1 nitrogen and oxygen atoms in total. The van der Waals surface area contributed by atoms with Gasteiger partial charge in [0.1, 0.15) is 5.78 Å². The van der Waals surface area contributed by atoms with E-state index in [-0.39, 0.29) is 0 Å². The minimum Gasteiger partial charge on any atom is -0.300 e. The summed E-state index contributed by atoms with van der Waals surface area (Å²) in [6.07, 6.45) is 47.0. The summed E-state index contributed by atoms with van der Waals surface area (Å²) in [5.74, 6) is 0.508. The molecule has 0 aromatic heterocycles. The fraction of sp³-hybridized carbons (Fsp3) is 0.861. The molecule has 0 N–H and O–H groups in total. The third kappa shape index (κ3) is 33.1. The van der Waals surface area contributed by atoms with Crippen LogP contribution in [0.5, 0.6) is 0 Å². The molecule has 0 rings (SSSR count). The van der Waals surface area contributed by atoms with Crippen LogP contribution in [0.2, 0.25) is 0 Å². The number of rotatable bonds is 31. The number of hydrogen-bond acceptors (Lipinski definition) is 1. The van der Waals surface area contributed by atoms with E-state index in [0.29, 0.717) is 5.78 Å². The second-order valence-corrected chi connectivity index (χ2v) is 11.6. The van der Waals surface area contributed by atoms with E-state index in [0.717, 1.165) is 25.7 Å². The monoisotopic (exact) mass is 517 g/mol. The highest BCUT2D eigenvalue weighted by molar-refractivity contribution is 5.78. The predicted molar refractivity (Wildman–Crippen MR) is 169 cm³/mol. The van der Waals surface area contributed by atoms with Gasteiger partial charge in [0, 0.05) is 12.8 Å². The number of unbranched alkanes of at least 4 members (excludes halogenated alkanes) is 23. The molecule has 1 heteroatoms. The van der Waals surface area contributed by atoms with Gasteiger partial charge in [-0.15, -0.1) is 0 Å². The van der Waals surface area contributed by atoms with Crippen molar-refractivity contribution in [2.24, 2.45) is 0 Å². The van der Waals surface area contributed by atoms with E-state index in [9.17, 15) is 4.79 Å². The van der Waals surface area contributed by atoms with E-state index in [1.807, 2.05) is 0 Å². The first kappa shape index (κ1) is 36.1. The summed E-state index contributed by atoms with van der Waals surface area (Å²) >= 11 is 0. The number of ketones is 1. The highest BCUT2D eigenvalue weighted by Gasteiger charge is 2.02. The van der Waals surface area contributed by atoms with Crippen molar-refractivity contribution in [3.8, 4) is 0 Å². The fourth-order valence-electron chi connectivity index (χ4n) is 5.09. The van der Waals surface area contributed by atoms with Crippen LogP contribution in [0.1, 0.15) is 200 Å². The van der Waals surface area contributed by atoms with Crippen LogP contribution in [0.25, 0.3) is 0 Å². The van der Waals surface area contributed by atoms with Gasteiger partial charge in [-0.2, -0.15) is 0 Å². The summed E-state index contributed by atoms with van der Waals surface area (Å²) in [7, 11) is 0. The number of hydrogen-bond donors (Lipinski definition) is 0. The first-order valence-electron chi connectivity index (χ1n) is 17.1. The van der Waals surface area contributed by atoms with Gasteiger partial charge in [-0.1, -0.05) is 147 Å². The first-order chi connectivity index (χ1) is 18.3. The van der Waals surface area contributed by atoms with Crippen molar-refractivity contribution in [3.63, 3.8) is 0 Å². The molecule has 0 spiro atoms. The standard InChI is InChI=1S/C36H68O/c1-3-5-7-9-11-13-15-17-19-21-23-25-27-29-31-33-35-36(37)34-32-30-28-26-24-22-20-18-16-14-12-10-8-6-4-2/h17-20H,3-16,21-35H2,1-2H3. The van der Waals surface area contributed by atoms with Crippen molar-refractivity contribution in [1.82, 2.24) is 0 Å². The highest BCUT2D eigenvalue weighted by Crippen LogP contribution is 2.13. The van der Waals surface area contributed by atoms with Gasteiger partial charge in [0.05, 0.1) is 0 Å². The van der Waals surface area contributed by atoms with Crippen molar-refractivity contribution in [1.29, 1.82) is 0 Å². The minimum atomic E-state index is 0.508. The van der Waals surface area contributed by atoms with Gasteiger partial charge in [0.15, 0.2) is 0 Å². The van der Waals surface area contributed by atoms with Crippen LogP contribution in [0.15, 0.2) is 24.3 Å². The van der Waals surface area contributed by atoms with Gasteiger partial charge in [-0.3, -0.25) is 4.79 Å². The largest absolute Gasteiger partial charge is 0.300 e. The third-order valence-electron chi connectivity index (χ3n) is 7.68. The molecule has 0 radical (unpaired) electrons. The van der Waals surface area contributed by atoms with Crippen molar-refractivity contribution in [3.05, 3.63) is 24.3 Å². The molecular formula is C36H68O. The Labute approximate surface area is 234 Å². The molecular weight excluding hydrogens is 448 g/mol. The summed E-state index contributed by atoms with van der Waals surface area (Å²) in [5.41, 5.74) is 0. The van der Waals surface area contributed by atoms with Crippen LogP contribution < -0.4 is 0 Å². The Morgan fingerprint density at radius 2 is 0.595 bits per heavy atom. The summed E-state index contributed by atoms with van der Waals surface area (Å²) in [6, 6.07) is 0. The number of carbonyl (C=O) groups excluding carboxylic acids is 1. The molecule has 0 heterocycles. The molecule has 0 amide bonds. The van der Waals surface area contributed by atoms with E-state index in [1.54, 1.807) is 0 Å². The molecule has 0 saturated carbocycles. The van der Waals surface area contributed by atoms with Crippen LogP contribution in [-0.4, -0.2) is 5.78 Å². The Hall–Kier alpha value is -0.850. The highest BCUT2D eigenvalue weighted by atomic mass is 16.1. The Morgan fingerprint density at radius 1 is 0.351 bits per heavy atom. The van der Waals surface area contributed by atoms with Gasteiger partial charge < -0.3 is 0 Å². The lowest BCUT2D eigenvalue weighted by Gasteiger charge is -2.03. The molecule has 0 saturated heterocycles. The second-order valence-electron chi connectivity index (χ2n) is 11.6. The van der Waals surface area contributed by atoms with Crippen molar-refractivity contribution < 1.29 is 4.79 Å². The van der Waals surface area contributed by atoms with E-state index < -0.39 is 0 Å². The maximum Gasteiger partial charge on any atom is 0.132 e. The summed E-state index contributed by atoms with van der Waals surface area (Å²) < 4.78 is 0. The Bertz CT molecular complexity index is 489. The molecule has 0 aromatic carbocycles. The van der Waals surface area contributed by atoms with Gasteiger partial charge in [-0.25, -0.2) is 0 Å². The predicted octanol–water partition coefficient (Wildman–Crippen LogP) is 13.0. The van der Waals surface area contributed by atoms with Gasteiger partial charge in [0.2, 0.25) is 0 Å². The molecule has 0 atom stereocenters. The summed E-state index contributed by atoms with van der Waals surface area (Å²) in [4.78, 5) is 12.1. The Morgan fingerprint density at radius 3 is 0.892 bits per heavy atom. The normalized spacial score (nSPS) is 11.8. The van der Waals surface area contributed by atoms with E-state index in [2.05, 4.69) is 38.2 Å².